The summed E-state index contributed by atoms with van der Waals surface area (Å²) >= 11 is 0. The summed E-state index contributed by atoms with van der Waals surface area (Å²) in [5, 5.41) is 2.92. The standard InChI is InChI=1S/C14H14F3NO2/c1-18-8-13-10(6-7-19-13)9-20-12-5-3-2-4-11(12)14(15,16)17/h2-7,18H,8-9H2,1H3. The molecule has 3 nitrogen and oxygen atoms in total. The molecular weight excluding hydrogens is 271 g/mol. The van der Waals surface area contributed by atoms with Crippen molar-refractivity contribution in [2.45, 2.75) is 19.3 Å². The van der Waals surface area contributed by atoms with Crippen molar-refractivity contribution in [2.24, 2.45) is 0 Å². The van der Waals surface area contributed by atoms with Crippen molar-refractivity contribution in [3.8, 4) is 5.75 Å². The molecule has 1 N–H and O–H groups in total. The first-order valence-electron chi connectivity index (χ1n) is 6.01. The highest BCUT2D eigenvalue weighted by molar-refractivity contribution is 5.35. The maximum Gasteiger partial charge on any atom is 0.419 e. The van der Waals surface area contributed by atoms with Crippen LogP contribution in [0.3, 0.4) is 0 Å². The molecule has 0 aliphatic heterocycles. The van der Waals surface area contributed by atoms with Crippen molar-refractivity contribution < 1.29 is 22.3 Å². The molecule has 0 bridgehead atoms. The van der Waals surface area contributed by atoms with Gasteiger partial charge >= 0.3 is 6.18 Å². The van der Waals surface area contributed by atoms with Gasteiger partial charge in [-0.05, 0) is 25.2 Å². The third-order valence-electron chi connectivity index (χ3n) is 2.75. The summed E-state index contributed by atoms with van der Waals surface area (Å²) in [7, 11) is 1.76. The highest BCUT2D eigenvalue weighted by atomic mass is 19.4. The van der Waals surface area contributed by atoms with E-state index >= 15 is 0 Å². The van der Waals surface area contributed by atoms with Crippen LogP contribution >= 0.6 is 0 Å². The smallest absolute Gasteiger partial charge is 0.419 e. The number of ether oxygens (including phenoxy) is 1. The van der Waals surface area contributed by atoms with E-state index in [1.54, 1.807) is 13.1 Å². The van der Waals surface area contributed by atoms with Crippen LogP contribution in [0.1, 0.15) is 16.9 Å². The molecule has 0 fully saturated rings. The summed E-state index contributed by atoms with van der Waals surface area (Å²) in [6.07, 6.45) is -2.94. The summed E-state index contributed by atoms with van der Waals surface area (Å²) < 4.78 is 48.9. The Morgan fingerprint density at radius 3 is 2.65 bits per heavy atom. The molecule has 0 saturated heterocycles. The molecule has 1 aromatic heterocycles. The van der Waals surface area contributed by atoms with E-state index in [0.29, 0.717) is 12.3 Å². The van der Waals surface area contributed by atoms with Gasteiger partial charge in [0.25, 0.3) is 0 Å². The Bertz CT molecular complexity index is 564. The Hall–Kier alpha value is -1.95. The molecule has 2 aromatic rings. The molecule has 0 aliphatic carbocycles. The third-order valence-corrected chi connectivity index (χ3v) is 2.75. The van der Waals surface area contributed by atoms with Gasteiger partial charge in [-0.1, -0.05) is 12.1 Å². The van der Waals surface area contributed by atoms with Crippen molar-refractivity contribution in [1.82, 2.24) is 5.32 Å². The van der Waals surface area contributed by atoms with E-state index in [-0.39, 0.29) is 12.4 Å². The minimum Gasteiger partial charge on any atom is -0.488 e. The average molecular weight is 285 g/mol. The van der Waals surface area contributed by atoms with Crippen LogP contribution in [0.15, 0.2) is 41.0 Å². The topological polar surface area (TPSA) is 34.4 Å². The van der Waals surface area contributed by atoms with Crippen LogP contribution in [0.4, 0.5) is 13.2 Å². The number of rotatable bonds is 5. The van der Waals surface area contributed by atoms with Crippen LogP contribution in [0.2, 0.25) is 0 Å². The van der Waals surface area contributed by atoms with Crippen molar-refractivity contribution in [2.75, 3.05) is 7.05 Å². The number of hydrogen-bond donors (Lipinski definition) is 1. The number of nitrogens with one attached hydrogen (secondary N) is 1. The highest BCUT2D eigenvalue weighted by Gasteiger charge is 2.34. The Kier molecular flexibility index (Phi) is 4.34. The van der Waals surface area contributed by atoms with Gasteiger partial charge in [-0.3, -0.25) is 0 Å². The molecule has 2 rings (SSSR count). The van der Waals surface area contributed by atoms with Crippen LogP contribution < -0.4 is 10.1 Å². The van der Waals surface area contributed by atoms with Crippen molar-refractivity contribution >= 4 is 0 Å². The van der Waals surface area contributed by atoms with E-state index in [1.807, 2.05) is 0 Å². The Morgan fingerprint density at radius 2 is 1.95 bits per heavy atom. The normalized spacial score (nSPS) is 11.6. The highest BCUT2D eigenvalue weighted by Crippen LogP contribution is 2.36. The molecule has 0 aliphatic rings. The molecule has 0 atom stereocenters. The number of furan rings is 1. The van der Waals surface area contributed by atoms with Gasteiger partial charge in [0.05, 0.1) is 18.4 Å². The predicted molar refractivity (Wildman–Crippen MR) is 67.2 cm³/mol. The first kappa shape index (κ1) is 14.5. The fourth-order valence-corrected chi connectivity index (χ4v) is 1.79. The number of alkyl halides is 3. The van der Waals surface area contributed by atoms with E-state index in [4.69, 9.17) is 9.15 Å². The summed E-state index contributed by atoms with van der Waals surface area (Å²) in [6, 6.07) is 6.83. The number of halogens is 3. The summed E-state index contributed by atoms with van der Waals surface area (Å²) in [4.78, 5) is 0. The van der Waals surface area contributed by atoms with Crippen LogP contribution in [0.5, 0.6) is 5.75 Å². The average Bonchev–Trinajstić information content (AvgIpc) is 2.83. The lowest BCUT2D eigenvalue weighted by atomic mass is 10.2. The molecule has 0 radical (unpaired) electrons. The van der Waals surface area contributed by atoms with E-state index in [9.17, 15) is 13.2 Å². The molecule has 0 unspecified atom stereocenters. The van der Waals surface area contributed by atoms with Gasteiger partial charge in [0.15, 0.2) is 0 Å². The quantitative estimate of drug-likeness (QED) is 0.911. The lowest BCUT2D eigenvalue weighted by molar-refractivity contribution is -0.139. The van der Waals surface area contributed by atoms with Gasteiger partial charge in [-0.2, -0.15) is 13.2 Å². The minimum atomic E-state index is -4.43. The fourth-order valence-electron chi connectivity index (χ4n) is 1.79. The third kappa shape index (κ3) is 3.33. The van der Waals surface area contributed by atoms with E-state index in [0.717, 1.165) is 11.6 Å². The van der Waals surface area contributed by atoms with E-state index in [1.165, 1.54) is 24.5 Å². The maximum absolute atomic E-state index is 12.8. The number of hydrogen-bond acceptors (Lipinski definition) is 3. The Balaban J connectivity index is 2.13. The Morgan fingerprint density at radius 1 is 1.20 bits per heavy atom. The first-order chi connectivity index (χ1) is 9.52. The van der Waals surface area contributed by atoms with Crippen LogP contribution in [0, 0.1) is 0 Å². The van der Waals surface area contributed by atoms with Gasteiger partial charge in [-0.25, -0.2) is 0 Å². The molecular formula is C14H14F3NO2. The zero-order chi connectivity index (χ0) is 14.6. The van der Waals surface area contributed by atoms with Gasteiger partial charge in [0.2, 0.25) is 0 Å². The van der Waals surface area contributed by atoms with Crippen molar-refractivity contribution in [3.05, 3.63) is 53.5 Å². The molecule has 1 heterocycles. The first-order valence-corrected chi connectivity index (χ1v) is 6.01. The lowest BCUT2D eigenvalue weighted by Crippen LogP contribution is -2.10. The monoisotopic (exact) mass is 285 g/mol. The van der Waals surface area contributed by atoms with Crippen molar-refractivity contribution in [3.63, 3.8) is 0 Å². The molecule has 20 heavy (non-hydrogen) atoms. The zero-order valence-electron chi connectivity index (χ0n) is 10.8. The van der Waals surface area contributed by atoms with Gasteiger partial charge in [-0.15, -0.1) is 0 Å². The lowest BCUT2D eigenvalue weighted by Gasteiger charge is -2.13. The predicted octanol–water partition coefficient (Wildman–Crippen LogP) is 3.60. The summed E-state index contributed by atoms with van der Waals surface area (Å²) in [5.41, 5.74) is -0.0602. The molecule has 108 valence electrons. The molecule has 6 heteroatoms. The zero-order valence-corrected chi connectivity index (χ0v) is 10.8. The van der Waals surface area contributed by atoms with Gasteiger partial charge in [0.1, 0.15) is 18.1 Å². The maximum atomic E-state index is 12.8. The van der Waals surface area contributed by atoms with E-state index in [2.05, 4.69) is 5.32 Å². The van der Waals surface area contributed by atoms with Gasteiger partial charge < -0.3 is 14.5 Å². The van der Waals surface area contributed by atoms with Gasteiger partial charge in [0, 0.05) is 5.56 Å². The summed E-state index contributed by atoms with van der Waals surface area (Å²) in [6.45, 7) is 0.521. The molecule has 1 aromatic carbocycles. The molecule has 0 spiro atoms. The second kappa shape index (κ2) is 6.00. The second-order valence-corrected chi connectivity index (χ2v) is 4.18. The van der Waals surface area contributed by atoms with Crippen LogP contribution in [0.25, 0.3) is 0 Å². The summed E-state index contributed by atoms with van der Waals surface area (Å²) in [5.74, 6) is 0.466. The fraction of sp³-hybridized carbons (Fsp3) is 0.286. The molecule has 0 amide bonds. The number of para-hydroxylation sites is 1. The minimum absolute atomic E-state index is 0.0284. The SMILES string of the molecule is CNCc1occc1COc1ccccc1C(F)(F)F. The second-order valence-electron chi connectivity index (χ2n) is 4.18. The molecule has 0 saturated carbocycles. The van der Waals surface area contributed by atoms with Crippen molar-refractivity contribution in [1.29, 1.82) is 0 Å². The Labute approximate surface area is 114 Å². The van der Waals surface area contributed by atoms with E-state index < -0.39 is 11.7 Å². The van der Waals surface area contributed by atoms with Crippen LogP contribution in [-0.2, 0) is 19.3 Å². The largest absolute Gasteiger partial charge is 0.488 e. The van der Waals surface area contributed by atoms with Crippen LogP contribution in [-0.4, -0.2) is 7.05 Å². The number of benzene rings is 1.